The van der Waals surface area contributed by atoms with Gasteiger partial charge in [0.15, 0.2) is 11.5 Å². The topological polar surface area (TPSA) is 71.3 Å². The maximum Gasteiger partial charge on any atom is 0.234 e. The number of nitrogens with zero attached hydrogens (tertiary/aromatic N) is 1. The van der Waals surface area contributed by atoms with Crippen LogP contribution in [0.15, 0.2) is 18.2 Å². The third-order valence-corrected chi connectivity index (χ3v) is 3.30. The van der Waals surface area contributed by atoms with Gasteiger partial charge in [-0.1, -0.05) is 6.07 Å². The number of hydrogen-bond acceptors (Lipinski definition) is 4. The third-order valence-electron chi connectivity index (χ3n) is 3.30. The highest BCUT2D eigenvalue weighted by Crippen LogP contribution is 2.47. The standard InChI is InChI=1S/C14H16N2O3/c1-18-11-4-3-10(9-12(11)19-2)14(6-7-14)16-13(17)5-8-15/h3-4,9H,5-7H2,1-2H3,(H,16,17). The van der Waals surface area contributed by atoms with Crippen LogP contribution in [0.3, 0.4) is 0 Å². The SMILES string of the molecule is COc1ccc(C2(NC(=O)CC#N)CC2)cc1OC. The molecule has 1 saturated carbocycles. The van der Waals surface area contributed by atoms with Crippen molar-refractivity contribution in [2.45, 2.75) is 24.8 Å². The first-order chi connectivity index (χ1) is 9.15. The number of carbonyl (C=O) groups excluding carboxylic acids is 1. The largest absolute Gasteiger partial charge is 0.493 e. The molecule has 1 amide bonds. The molecule has 0 bridgehead atoms. The molecule has 1 N–H and O–H groups in total. The summed E-state index contributed by atoms with van der Waals surface area (Å²) in [5, 5.41) is 11.4. The molecular weight excluding hydrogens is 244 g/mol. The third kappa shape index (κ3) is 2.63. The van der Waals surface area contributed by atoms with Gasteiger partial charge in [0.2, 0.25) is 5.91 Å². The molecule has 100 valence electrons. The molecule has 19 heavy (non-hydrogen) atoms. The molecule has 2 rings (SSSR count). The molecule has 0 atom stereocenters. The minimum Gasteiger partial charge on any atom is -0.493 e. The monoisotopic (exact) mass is 260 g/mol. The number of methoxy groups -OCH3 is 2. The zero-order valence-electron chi connectivity index (χ0n) is 11.0. The first kappa shape index (κ1) is 13.2. The smallest absolute Gasteiger partial charge is 0.234 e. The number of nitrogens with one attached hydrogen (secondary N) is 1. The van der Waals surface area contributed by atoms with E-state index >= 15 is 0 Å². The van der Waals surface area contributed by atoms with E-state index in [0.29, 0.717) is 11.5 Å². The van der Waals surface area contributed by atoms with Crippen LogP contribution in [0.25, 0.3) is 0 Å². The molecule has 1 aliphatic carbocycles. The van der Waals surface area contributed by atoms with Crippen molar-refractivity contribution < 1.29 is 14.3 Å². The van der Waals surface area contributed by atoms with Gasteiger partial charge in [-0.05, 0) is 30.5 Å². The van der Waals surface area contributed by atoms with Gasteiger partial charge in [0, 0.05) is 0 Å². The lowest BCUT2D eigenvalue weighted by Gasteiger charge is -2.19. The van der Waals surface area contributed by atoms with Crippen LogP contribution in [0.5, 0.6) is 11.5 Å². The molecule has 0 spiro atoms. The Labute approximate surface area is 112 Å². The highest BCUT2D eigenvalue weighted by atomic mass is 16.5. The van der Waals surface area contributed by atoms with Gasteiger partial charge in [0.1, 0.15) is 6.42 Å². The van der Waals surface area contributed by atoms with Gasteiger partial charge in [-0.15, -0.1) is 0 Å². The van der Waals surface area contributed by atoms with Crippen LogP contribution in [0, 0.1) is 11.3 Å². The predicted molar refractivity (Wildman–Crippen MR) is 68.8 cm³/mol. The van der Waals surface area contributed by atoms with E-state index in [9.17, 15) is 4.79 Å². The number of nitriles is 1. The predicted octanol–water partition coefficient (Wildman–Crippen LogP) is 1.72. The van der Waals surface area contributed by atoms with Crippen LogP contribution < -0.4 is 14.8 Å². The van der Waals surface area contributed by atoms with Crippen LogP contribution in [-0.4, -0.2) is 20.1 Å². The van der Waals surface area contributed by atoms with Gasteiger partial charge in [0.05, 0.1) is 25.8 Å². The summed E-state index contributed by atoms with van der Waals surface area (Å²) in [5.41, 5.74) is 0.643. The van der Waals surface area contributed by atoms with E-state index in [2.05, 4.69) is 5.32 Å². The summed E-state index contributed by atoms with van der Waals surface area (Å²) in [6.07, 6.45) is 1.63. The van der Waals surface area contributed by atoms with Crippen molar-refractivity contribution in [3.63, 3.8) is 0 Å². The van der Waals surface area contributed by atoms with Crippen LogP contribution in [-0.2, 0) is 10.3 Å². The number of benzene rings is 1. The Bertz CT molecular complexity index is 530. The van der Waals surface area contributed by atoms with Gasteiger partial charge in [-0.25, -0.2) is 0 Å². The molecular formula is C14H16N2O3. The van der Waals surface area contributed by atoms with Crippen molar-refractivity contribution in [1.29, 1.82) is 5.26 Å². The van der Waals surface area contributed by atoms with Crippen LogP contribution in [0.1, 0.15) is 24.8 Å². The molecule has 0 unspecified atom stereocenters. The Morgan fingerprint density at radius 3 is 2.58 bits per heavy atom. The summed E-state index contributed by atoms with van der Waals surface area (Å²) in [5.74, 6) is 1.06. The highest BCUT2D eigenvalue weighted by Gasteiger charge is 2.45. The van der Waals surface area contributed by atoms with E-state index in [0.717, 1.165) is 18.4 Å². The molecule has 0 aromatic heterocycles. The average molecular weight is 260 g/mol. The zero-order chi connectivity index (χ0) is 13.9. The summed E-state index contributed by atoms with van der Waals surface area (Å²) in [6.45, 7) is 0. The molecule has 0 saturated heterocycles. The Morgan fingerprint density at radius 1 is 1.37 bits per heavy atom. The van der Waals surface area contributed by atoms with Crippen molar-refractivity contribution in [1.82, 2.24) is 5.32 Å². The molecule has 0 heterocycles. The lowest BCUT2D eigenvalue weighted by molar-refractivity contribution is -0.121. The molecule has 1 fully saturated rings. The second-order valence-electron chi connectivity index (χ2n) is 4.53. The number of carbonyl (C=O) groups is 1. The van der Waals surface area contributed by atoms with Crippen molar-refractivity contribution in [3.05, 3.63) is 23.8 Å². The maximum absolute atomic E-state index is 11.6. The normalized spacial score (nSPS) is 15.2. The number of ether oxygens (including phenoxy) is 2. The van der Waals surface area contributed by atoms with Crippen LogP contribution in [0.2, 0.25) is 0 Å². The summed E-state index contributed by atoms with van der Waals surface area (Å²) in [6, 6.07) is 7.47. The number of amides is 1. The molecule has 0 radical (unpaired) electrons. The fourth-order valence-corrected chi connectivity index (χ4v) is 2.13. The minimum atomic E-state index is -0.340. The lowest BCUT2D eigenvalue weighted by Crippen LogP contribution is -2.34. The first-order valence-electron chi connectivity index (χ1n) is 6.05. The lowest BCUT2D eigenvalue weighted by atomic mass is 10.0. The van der Waals surface area contributed by atoms with Crippen molar-refractivity contribution >= 4 is 5.91 Å². The molecule has 1 aromatic carbocycles. The first-order valence-corrected chi connectivity index (χ1v) is 6.05. The van der Waals surface area contributed by atoms with E-state index in [4.69, 9.17) is 14.7 Å². The van der Waals surface area contributed by atoms with Crippen LogP contribution >= 0.6 is 0 Å². The number of rotatable bonds is 5. The maximum atomic E-state index is 11.6. The number of hydrogen-bond donors (Lipinski definition) is 1. The van der Waals surface area contributed by atoms with Gasteiger partial charge in [-0.3, -0.25) is 4.79 Å². The average Bonchev–Trinajstić information content (AvgIpc) is 3.19. The Balaban J connectivity index is 2.22. The van der Waals surface area contributed by atoms with E-state index in [-0.39, 0.29) is 17.9 Å². The molecule has 1 aliphatic rings. The van der Waals surface area contributed by atoms with E-state index in [1.54, 1.807) is 14.2 Å². The Kier molecular flexibility index (Phi) is 3.61. The van der Waals surface area contributed by atoms with Gasteiger partial charge < -0.3 is 14.8 Å². The van der Waals surface area contributed by atoms with Gasteiger partial charge in [-0.2, -0.15) is 5.26 Å². The summed E-state index contributed by atoms with van der Waals surface area (Å²) in [4.78, 5) is 11.6. The minimum absolute atomic E-state index is 0.116. The fourth-order valence-electron chi connectivity index (χ4n) is 2.13. The van der Waals surface area contributed by atoms with E-state index in [1.807, 2.05) is 24.3 Å². The van der Waals surface area contributed by atoms with Gasteiger partial charge >= 0.3 is 0 Å². The quantitative estimate of drug-likeness (QED) is 0.875. The Morgan fingerprint density at radius 2 is 2.05 bits per heavy atom. The van der Waals surface area contributed by atoms with Crippen molar-refractivity contribution in [2.24, 2.45) is 0 Å². The summed E-state index contributed by atoms with van der Waals surface area (Å²) in [7, 11) is 3.16. The zero-order valence-corrected chi connectivity index (χ0v) is 11.0. The van der Waals surface area contributed by atoms with Crippen molar-refractivity contribution in [2.75, 3.05) is 14.2 Å². The summed E-state index contributed by atoms with van der Waals surface area (Å²) < 4.78 is 10.5. The molecule has 5 nitrogen and oxygen atoms in total. The molecule has 5 heteroatoms. The molecule has 0 aliphatic heterocycles. The highest BCUT2D eigenvalue weighted by molar-refractivity contribution is 5.79. The summed E-state index contributed by atoms with van der Waals surface area (Å²) >= 11 is 0. The van der Waals surface area contributed by atoms with E-state index < -0.39 is 0 Å². The van der Waals surface area contributed by atoms with Crippen molar-refractivity contribution in [3.8, 4) is 17.6 Å². The van der Waals surface area contributed by atoms with E-state index in [1.165, 1.54) is 0 Å². The second kappa shape index (κ2) is 5.19. The van der Waals surface area contributed by atoms with Gasteiger partial charge in [0.25, 0.3) is 0 Å². The second-order valence-corrected chi connectivity index (χ2v) is 4.53. The fraction of sp³-hybridized carbons (Fsp3) is 0.429. The van der Waals surface area contributed by atoms with Crippen LogP contribution in [0.4, 0.5) is 0 Å². The molecule has 1 aromatic rings. The Hall–Kier alpha value is -2.22.